The van der Waals surface area contributed by atoms with Crippen molar-refractivity contribution < 1.29 is 14.3 Å². The second kappa shape index (κ2) is 7.29. The summed E-state index contributed by atoms with van der Waals surface area (Å²) in [7, 11) is 2.99. The highest BCUT2D eigenvalue weighted by Crippen LogP contribution is 2.09. The number of alkyl halides is 1. The van der Waals surface area contributed by atoms with Crippen molar-refractivity contribution in [2.45, 2.75) is 24.5 Å². The maximum Gasteiger partial charge on any atom is 0.239 e. The summed E-state index contributed by atoms with van der Waals surface area (Å²) in [6.07, 6.45) is 0.368. The average Bonchev–Trinajstić information content (AvgIpc) is 2.15. The van der Waals surface area contributed by atoms with Crippen LogP contribution >= 0.6 is 15.9 Å². The van der Waals surface area contributed by atoms with Crippen molar-refractivity contribution >= 4 is 21.8 Å². The second-order valence-corrected chi connectivity index (χ2v) is 3.52. The van der Waals surface area contributed by atoms with Crippen molar-refractivity contribution in [1.82, 2.24) is 5.32 Å². The van der Waals surface area contributed by atoms with Gasteiger partial charge in [0.1, 0.15) is 4.83 Å². The summed E-state index contributed by atoms with van der Waals surface area (Å²) in [5.41, 5.74) is 0. The topological polar surface area (TPSA) is 47.6 Å². The molecular weight excluding hydrogens is 238 g/mol. The van der Waals surface area contributed by atoms with Gasteiger partial charge in [-0.3, -0.25) is 4.79 Å². The first-order valence-corrected chi connectivity index (χ1v) is 5.06. The average molecular weight is 254 g/mol. The third-order valence-corrected chi connectivity index (χ3v) is 2.35. The number of amides is 1. The molecule has 0 aromatic rings. The lowest BCUT2D eigenvalue weighted by Gasteiger charge is -2.18. The molecule has 4 nitrogen and oxygen atoms in total. The molecule has 0 aliphatic heterocycles. The fourth-order valence-corrected chi connectivity index (χ4v) is 1.40. The van der Waals surface area contributed by atoms with Crippen LogP contribution in [0.1, 0.15) is 13.3 Å². The van der Waals surface area contributed by atoms with Crippen LogP contribution in [0, 0.1) is 0 Å². The Morgan fingerprint density at radius 3 is 2.38 bits per heavy atom. The first-order chi connectivity index (χ1) is 6.17. The zero-order valence-corrected chi connectivity index (χ0v) is 9.76. The van der Waals surface area contributed by atoms with Gasteiger partial charge in [0.15, 0.2) is 6.29 Å². The van der Waals surface area contributed by atoms with Gasteiger partial charge in [-0.1, -0.05) is 22.9 Å². The monoisotopic (exact) mass is 253 g/mol. The van der Waals surface area contributed by atoms with E-state index in [2.05, 4.69) is 21.2 Å². The number of carbonyl (C=O) groups excluding carboxylic acids is 1. The van der Waals surface area contributed by atoms with Gasteiger partial charge in [-0.15, -0.1) is 0 Å². The fourth-order valence-electron chi connectivity index (χ4n) is 0.804. The van der Waals surface area contributed by atoms with Gasteiger partial charge in [0, 0.05) is 20.8 Å². The molecule has 0 aromatic carbocycles. The molecule has 0 bridgehead atoms. The van der Waals surface area contributed by atoms with Crippen LogP contribution < -0.4 is 5.32 Å². The molecule has 5 heteroatoms. The molecule has 78 valence electrons. The molecule has 0 aliphatic carbocycles. The van der Waals surface area contributed by atoms with E-state index in [0.717, 1.165) is 6.42 Å². The summed E-state index contributed by atoms with van der Waals surface area (Å²) >= 11 is 3.20. The highest BCUT2D eigenvalue weighted by Gasteiger charge is 2.24. The minimum absolute atomic E-state index is 0.115. The number of halogens is 1. The van der Waals surface area contributed by atoms with E-state index in [1.165, 1.54) is 14.2 Å². The third kappa shape index (κ3) is 4.59. The molecule has 1 unspecified atom stereocenters. The molecule has 0 saturated heterocycles. The molecule has 0 radical (unpaired) electrons. The van der Waals surface area contributed by atoms with Gasteiger partial charge >= 0.3 is 0 Å². The predicted octanol–water partition coefficient (Wildman–Crippen LogP) is 0.895. The molecule has 1 atom stereocenters. The Morgan fingerprint density at radius 2 is 2.00 bits per heavy atom. The lowest BCUT2D eigenvalue weighted by molar-refractivity contribution is -0.136. The summed E-state index contributed by atoms with van der Waals surface area (Å²) in [6, 6.07) is 0. The van der Waals surface area contributed by atoms with Crippen LogP contribution in [0.3, 0.4) is 0 Å². The Balaban J connectivity index is 3.91. The quantitative estimate of drug-likeness (QED) is 0.565. The molecular formula is C8H16BrNO3. The van der Waals surface area contributed by atoms with Crippen molar-refractivity contribution in [3.05, 3.63) is 0 Å². The minimum atomic E-state index is -0.545. The van der Waals surface area contributed by atoms with E-state index >= 15 is 0 Å². The van der Waals surface area contributed by atoms with Gasteiger partial charge in [0.05, 0.1) is 0 Å². The molecule has 0 saturated carbocycles. The van der Waals surface area contributed by atoms with Crippen LogP contribution in [0.2, 0.25) is 0 Å². The summed E-state index contributed by atoms with van der Waals surface area (Å²) in [4.78, 5) is 10.9. The minimum Gasteiger partial charge on any atom is -0.355 e. The molecule has 0 heterocycles. The Morgan fingerprint density at radius 1 is 1.46 bits per heavy atom. The Bertz CT molecular complexity index is 150. The van der Waals surface area contributed by atoms with E-state index in [1.807, 2.05) is 6.92 Å². The summed E-state index contributed by atoms with van der Waals surface area (Å²) in [5.74, 6) is -0.115. The molecule has 1 amide bonds. The second-order valence-electron chi connectivity index (χ2n) is 2.53. The van der Waals surface area contributed by atoms with Crippen LogP contribution in [0.15, 0.2) is 0 Å². The summed E-state index contributed by atoms with van der Waals surface area (Å²) < 4.78 is 9.86. The first kappa shape index (κ1) is 12.9. The standard InChI is InChI=1S/C8H16BrNO3/c1-4-5-10-7(11)6(9)8(12-2)13-3/h6,8H,4-5H2,1-3H3,(H,10,11). The largest absolute Gasteiger partial charge is 0.355 e. The normalized spacial score (nSPS) is 13.0. The maximum atomic E-state index is 11.3. The van der Waals surface area contributed by atoms with Gasteiger partial charge in [0.2, 0.25) is 5.91 Å². The van der Waals surface area contributed by atoms with Crippen LogP contribution in [-0.2, 0) is 14.3 Å². The van der Waals surface area contributed by atoms with E-state index in [4.69, 9.17) is 9.47 Å². The third-order valence-electron chi connectivity index (χ3n) is 1.50. The van der Waals surface area contributed by atoms with E-state index in [-0.39, 0.29) is 5.91 Å². The van der Waals surface area contributed by atoms with Crippen molar-refractivity contribution in [2.24, 2.45) is 0 Å². The number of hydrogen-bond donors (Lipinski definition) is 1. The van der Waals surface area contributed by atoms with Gasteiger partial charge in [0.25, 0.3) is 0 Å². The van der Waals surface area contributed by atoms with E-state index in [9.17, 15) is 4.79 Å². The predicted molar refractivity (Wildman–Crippen MR) is 53.8 cm³/mol. The van der Waals surface area contributed by atoms with Crippen molar-refractivity contribution in [3.63, 3.8) is 0 Å². The molecule has 13 heavy (non-hydrogen) atoms. The molecule has 0 fully saturated rings. The van der Waals surface area contributed by atoms with Crippen molar-refractivity contribution in [2.75, 3.05) is 20.8 Å². The fraction of sp³-hybridized carbons (Fsp3) is 0.875. The number of carbonyl (C=O) groups is 1. The number of hydrogen-bond acceptors (Lipinski definition) is 3. The molecule has 1 N–H and O–H groups in total. The van der Waals surface area contributed by atoms with Crippen LogP contribution in [0.5, 0.6) is 0 Å². The number of methoxy groups -OCH3 is 2. The van der Waals surface area contributed by atoms with Crippen molar-refractivity contribution in [3.8, 4) is 0 Å². The zero-order chi connectivity index (χ0) is 10.3. The van der Waals surface area contributed by atoms with Gasteiger partial charge in [-0.2, -0.15) is 0 Å². The van der Waals surface area contributed by atoms with Crippen LogP contribution in [0.25, 0.3) is 0 Å². The van der Waals surface area contributed by atoms with Crippen LogP contribution in [-0.4, -0.2) is 37.8 Å². The molecule has 0 rings (SSSR count). The SMILES string of the molecule is CCCNC(=O)C(Br)C(OC)OC. The summed E-state index contributed by atoms with van der Waals surface area (Å²) in [5, 5.41) is 2.74. The highest BCUT2D eigenvalue weighted by atomic mass is 79.9. The lowest BCUT2D eigenvalue weighted by Crippen LogP contribution is -2.40. The molecule has 0 spiro atoms. The Hall–Kier alpha value is -0.130. The summed E-state index contributed by atoms with van der Waals surface area (Å²) in [6.45, 7) is 2.66. The molecule has 0 aliphatic rings. The van der Waals surface area contributed by atoms with Crippen molar-refractivity contribution in [1.29, 1.82) is 0 Å². The van der Waals surface area contributed by atoms with E-state index < -0.39 is 11.1 Å². The lowest BCUT2D eigenvalue weighted by atomic mass is 10.3. The first-order valence-electron chi connectivity index (χ1n) is 4.14. The number of ether oxygens (including phenoxy) is 2. The number of nitrogens with one attached hydrogen (secondary N) is 1. The highest BCUT2D eigenvalue weighted by molar-refractivity contribution is 9.10. The van der Waals surface area contributed by atoms with Gasteiger partial charge < -0.3 is 14.8 Å². The molecule has 0 aromatic heterocycles. The Kier molecular flexibility index (Phi) is 7.22. The maximum absolute atomic E-state index is 11.3. The Labute approximate surface area is 87.1 Å². The smallest absolute Gasteiger partial charge is 0.239 e. The van der Waals surface area contributed by atoms with Crippen LogP contribution in [0.4, 0.5) is 0 Å². The van der Waals surface area contributed by atoms with E-state index in [1.54, 1.807) is 0 Å². The van der Waals surface area contributed by atoms with Gasteiger partial charge in [-0.25, -0.2) is 0 Å². The van der Waals surface area contributed by atoms with Gasteiger partial charge in [-0.05, 0) is 6.42 Å². The zero-order valence-electron chi connectivity index (χ0n) is 8.17. The van der Waals surface area contributed by atoms with E-state index in [0.29, 0.717) is 6.54 Å². The number of rotatable bonds is 6.